The molecule has 14 heavy (non-hydrogen) atoms. The van der Waals surface area contributed by atoms with Crippen molar-refractivity contribution >= 4 is 18.1 Å². The minimum atomic E-state index is -0.216. The van der Waals surface area contributed by atoms with E-state index in [1.807, 2.05) is 25.1 Å². The smallest absolute Gasteiger partial charge is 0.293 e. The Hall–Kier alpha value is -1.02. The molecule has 0 fully saturated rings. The molecule has 0 aromatic heterocycles. The number of hydrogen-bond acceptors (Lipinski definition) is 2. The van der Waals surface area contributed by atoms with Gasteiger partial charge in [0.2, 0.25) is 0 Å². The lowest BCUT2D eigenvalue weighted by Gasteiger charge is -2.15. The van der Waals surface area contributed by atoms with Crippen molar-refractivity contribution in [3.05, 3.63) is 34.9 Å². The molecule has 0 aliphatic rings. The topological polar surface area (TPSA) is 26.3 Å². The Balaban J connectivity index is 2.86. The summed E-state index contributed by atoms with van der Waals surface area (Å²) >= 11 is 5.99. The van der Waals surface area contributed by atoms with Gasteiger partial charge in [-0.15, -0.1) is 0 Å². The number of rotatable bonds is 5. The molecule has 0 spiro atoms. The highest BCUT2D eigenvalue weighted by atomic mass is 35.5. The maximum Gasteiger partial charge on any atom is 0.293 e. The first kappa shape index (κ1) is 11.1. The normalized spacial score (nSPS) is 12.1. The van der Waals surface area contributed by atoms with Gasteiger partial charge >= 0.3 is 0 Å². The second-order valence-corrected chi connectivity index (χ2v) is 3.44. The third-order valence-corrected chi connectivity index (χ3v) is 2.37. The second kappa shape index (κ2) is 5.66. The average molecular weight is 213 g/mol. The van der Waals surface area contributed by atoms with Gasteiger partial charge in [0.1, 0.15) is 6.10 Å². The van der Waals surface area contributed by atoms with Gasteiger partial charge < -0.3 is 4.74 Å². The number of halogens is 1. The third kappa shape index (κ3) is 2.74. The molecular formula is C11H13ClO2. The van der Waals surface area contributed by atoms with E-state index < -0.39 is 0 Å². The quantitative estimate of drug-likeness (QED) is 0.700. The summed E-state index contributed by atoms with van der Waals surface area (Å²) in [5, 5.41) is 0.646. The molecule has 0 radical (unpaired) electrons. The number of hydrogen-bond donors (Lipinski definition) is 0. The van der Waals surface area contributed by atoms with Gasteiger partial charge in [0.15, 0.2) is 0 Å². The fourth-order valence-electron chi connectivity index (χ4n) is 1.36. The SMILES string of the molecule is CCCC(OC=O)c1ccccc1Cl. The molecule has 76 valence electrons. The van der Waals surface area contributed by atoms with E-state index in [-0.39, 0.29) is 6.10 Å². The fourth-order valence-corrected chi connectivity index (χ4v) is 1.62. The molecule has 2 nitrogen and oxygen atoms in total. The summed E-state index contributed by atoms with van der Waals surface area (Å²) in [5.41, 5.74) is 0.878. The van der Waals surface area contributed by atoms with Gasteiger partial charge in [-0.1, -0.05) is 43.1 Å². The number of carbonyl (C=O) groups excluding carboxylic acids is 1. The Morgan fingerprint density at radius 2 is 2.21 bits per heavy atom. The molecule has 1 atom stereocenters. The van der Waals surface area contributed by atoms with Crippen LogP contribution in [0.3, 0.4) is 0 Å². The van der Waals surface area contributed by atoms with Gasteiger partial charge in [0, 0.05) is 10.6 Å². The second-order valence-electron chi connectivity index (χ2n) is 3.03. The molecule has 0 amide bonds. The summed E-state index contributed by atoms with van der Waals surface area (Å²) < 4.78 is 4.98. The van der Waals surface area contributed by atoms with Crippen LogP contribution < -0.4 is 0 Å². The molecule has 0 saturated carbocycles. The lowest BCUT2D eigenvalue weighted by molar-refractivity contribution is -0.134. The molecule has 1 aromatic carbocycles. The van der Waals surface area contributed by atoms with Gasteiger partial charge in [-0.3, -0.25) is 4.79 Å². The predicted octanol–water partition coefficient (Wildman–Crippen LogP) is 3.35. The lowest BCUT2D eigenvalue weighted by atomic mass is 10.1. The van der Waals surface area contributed by atoms with Crippen LogP contribution in [0.5, 0.6) is 0 Å². The molecule has 1 aromatic rings. The van der Waals surface area contributed by atoms with Crippen LogP contribution in [0, 0.1) is 0 Å². The minimum absolute atomic E-state index is 0.216. The van der Waals surface area contributed by atoms with Crippen molar-refractivity contribution in [3.63, 3.8) is 0 Å². The monoisotopic (exact) mass is 212 g/mol. The van der Waals surface area contributed by atoms with E-state index >= 15 is 0 Å². The Morgan fingerprint density at radius 1 is 1.50 bits per heavy atom. The molecular weight excluding hydrogens is 200 g/mol. The zero-order valence-corrected chi connectivity index (χ0v) is 8.83. The van der Waals surface area contributed by atoms with Crippen LogP contribution in [0.25, 0.3) is 0 Å². The van der Waals surface area contributed by atoms with Gasteiger partial charge in [0.25, 0.3) is 6.47 Å². The van der Waals surface area contributed by atoms with Crippen LogP contribution in [0.4, 0.5) is 0 Å². The zero-order valence-electron chi connectivity index (χ0n) is 8.07. The van der Waals surface area contributed by atoms with Crippen LogP contribution in [0.1, 0.15) is 31.4 Å². The minimum Gasteiger partial charge on any atom is -0.460 e. The van der Waals surface area contributed by atoms with Crippen molar-refractivity contribution in [2.24, 2.45) is 0 Å². The maximum absolute atomic E-state index is 10.3. The van der Waals surface area contributed by atoms with E-state index in [1.54, 1.807) is 6.07 Å². The van der Waals surface area contributed by atoms with E-state index in [2.05, 4.69) is 0 Å². The van der Waals surface area contributed by atoms with E-state index in [9.17, 15) is 4.79 Å². The molecule has 1 unspecified atom stereocenters. The highest BCUT2D eigenvalue weighted by Gasteiger charge is 2.13. The molecule has 0 N–H and O–H groups in total. The van der Waals surface area contributed by atoms with Crippen molar-refractivity contribution in [1.29, 1.82) is 0 Å². The third-order valence-electron chi connectivity index (χ3n) is 2.02. The Bertz CT molecular complexity index is 299. The maximum atomic E-state index is 10.3. The lowest BCUT2D eigenvalue weighted by Crippen LogP contribution is -2.03. The molecule has 0 heterocycles. The summed E-state index contributed by atoms with van der Waals surface area (Å²) in [5.74, 6) is 0. The molecule has 0 bridgehead atoms. The highest BCUT2D eigenvalue weighted by Crippen LogP contribution is 2.28. The van der Waals surface area contributed by atoms with Gasteiger partial charge in [0.05, 0.1) is 0 Å². The molecule has 0 aliphatic carbocycles. The van der Waals surface area contributed by atoms with Gasteiger partial charge in [-0.05, 0) is 12.5 Å². The fraction of sp³-hybridized carbons (Fsp3) is 0.364. The summed E-state index contributed by atoms with van der Waals surface area (Å²) in [6, 6.07) is 7.42. The van der Waals surface area contributed by atoms with Crippen molar-refractivity contribution in [1.82, 2.24) is 0 Å². The molecule has 0 saturated heterocycles. The number of benzene rings is 1. The van der Waals surface area contributed by atoms with Crippen LogP contribution in [-0.4, -0.2) is 6.47 Å². The molecule has 0 aliphatic heterocycles. The first-order valence-electron chi connectivity index (χ1n) is 4.63. The molecule has 3 heteroatoms. The predicted molar refractivity (Wildman–Crippen MR) is 56.3 cm³/mol. The van der Waals surface area contributed by atoms with Gasteiger partial charge in [-0.2, -0.15) is 0 Å². The van der Waals surface area contributed by atoms with Crippen molar-refractivity contribution < 1.29 is 9.53 Å². The van der Waals surface area contributed by atoms with Crippen LogP contribution in [0.2, 0.25) is 5.02 Å². The van der Waals surface area contributed by atoms with Crippen molar-refractivity contribution in [3.8, 4) is 0 Å². The first-order valence-corrected chi connectivity index (χ1v) is 5.01. The zero-order chi connectivity index (χ0) is 10.4. The number of carbonyl (C=O) groups is 1. The Kier molecular flexibility index (Phi) is 4.47. The summed E-state index contributed by atoms with van der Waals surface area (Å²) in [7, 11) is 0. The van der Waals surface area contributed by atoms with E-state index in [1.165, 1.54) is 0 Å². The van der Waals surface area contributed by atoms with Crippen LogP contribution >= 0.6 is 11.6 Å². The van der Waals surface area contributed by atoms with Crippen LogP contribution in [0.15, 0.2) is 24.3 Å². The molecule has 1 rings (SSSR count). The van der Waals surface area contributed by atoms with E-state index in [0.717, 1.165) is 18.4 Å². The van der Waals surface area contributed by atoms with Gasteiger partial charge in [-0.25, -0.2) is 0 Å². The highest BCUT2D eigenvalue weighted by molar-refractivity contribution is 6.31. The van der Waals surface area contributed by atoms with E-state index in [0.29, 0.717) is 11.5 Å². The largest absolute Gasteiger partial charge is 0.460 e. The Labute approximate surface area is 88.8 Å². The van der Waals surface area contributed by atoms with E-state index in [4.69, 9.17) is 16.3 Å². The van der Waals surface area contributed by atoms with Crippen molar-refractivity contribution in [2.45, 2.75) is 25.9 Å². The number of ether oxygens (including phenoxy) is 1. The summed E-state index contributed by atoms with van der Waals surface area (Å²) in [6.45, 7) is 2.52. The standard InChI is InChI=1S/C11H13ClO2/c1-2-5-11(14-8-13)9-6-3-4-7-10(9)12/h3-4,6-8,11H,2,5H2,1H3. The average Bonchev–Trinajstić information content (AvgIpc) is 2.18. The Morgan fingerprint density at radius 3 is 2.79 bits per heavy atom. The summed E-state index contributed by atoms with van der Waals surface area (Å²) in [4.78, 5) is 10.3. The van der Waals surface area contributed by atoms with Crippen LogP contribution in [-0.2, 0) is 9.53 Å². The first-order chi connectivity index (χ1) is 6.79. The summed E-state index contributed by atoms with van der Waals surface area (Å²) in [6.07, 6.45) is 1.53. The van der Waals surface area contributed by atoms with Crippen molar-refractivity contribution in [2.75, 3.05) is 0 Å².